The van der Waals surface area contributed by atoms with E-state index in [1.165, 1.54) is 0 Å². The van der Waals surface area contributed by atoms with Crippen LogP contribution in [0.5, 0.6) is 11.5 Å². The molecule has 0 unspecified atom stereocenters. The van der Waals surface area contributed by atoms with E-state index in [9.17, 15) is 0 Å². The third-order valence-electron chi connectivity index (χ3n) is 2.99. The largest absolute Gasteiger partial charge is 0.493 e. The Morgan fingerprint density at radius 2 is 1.23 bits per heavy atom. The van der Waals surface area contributed by atoms with Gasteiger partial charge in [-0.3, -0.25) is 0 Å². The van der Waals surface area contributed by atoms with Crippen molar-refractivity contribution in [3.8, 4) is 11.5 Å². The first-order chi connectivity index (χ1) is 12.5. The molecule has 0 saturated heterocycles. The Morgan fingerprint density at radius 1 is 0.731 bits per heavy atom. The fraction of sp³-hybridized carbons (Fsp3) is 0.118. The van der Waals surface area contributed by atoms with Gasteiger partial charge in [0.2, 0.25) is 16.5 Å². The van der Waals surface area contributed by atoms with E-state index in [4.69, 9.17) is 44.3 Å². The number of methoxy groups -OCH3 is 2. The number of benzene rings is 2. The van der Waals surface area contributed by atoms with Gasteiger partial charge in [0.1, 0.15) is 0 Å². The summed E-state index contributed by atoms with van der Waals surface area (Å²) in [6.07, 6.45) is 0. The maximum Gasteiger partial charge on any atom is 0.232 e. The highest BCUT2D eigenvalue weighted by atomic mass is 35.5. The van der Waals surface area contributed by atoms with Gasteiger partial charge in [0, 0.05) is 0 Å². The molecule has 26 heavy (non-hydrogen) atoms. The van der Waals surface area contributed by atoms with Gasteiger partial charge in [-0.1, -0.05) is 35.9 Å². The van der Waals surface area contributed by atoms with Gasteiger partial charge in [-0.25, -0.2) is 0 Å². The molecular weight excluding hydrogens is 399 g/mol. The van der Waals surface area contributed by atoms with Crippen molar-refractivity contribution in [2.45, 2.75) is 0 Å². The van der Waals surface area contributed by atoms with Crippen molar-refractivity contribution < 1.29 is 9.47 Å². The molecule has 0 bridgehead atoms. The summed E-state index contributed by atoms with van der Waals surface area (Å²) in [4.78, 5) is 11.4. The lowest BCUT2D eigenvalue weighted by molar-refractivity contribution is 0.355. The Kier molecular flexibility index (Phi) is 7.72. The Bertz CT molecular complexity index is 822. The quantitative estimate of drug-likeness (QED) is 0.627. The molecule has 0 aliphatic heterocycles. The van der Waals surface area contributed by atoms with Crippen LogP contribution in [-0.2, 0) is 0 Å². The number of para-hydroxylation sites is 3. The van der Waals surface area contributed by atoms with E-state index >= 15 is 0 Å². The third kappa shape index (κ3) is 5.91. The van der Waals surface area contributed by atoms with Crippen molar-refractivity contribution in [1.29, 1.82) is 0 Å². The van der Waals surface area contributed by atoms with Gasteiger partial charge in [0.25, 0.3) is 0 Å². The smallest absolute Gasteiger partial charge is 0.232 e. The second-order valence-corrected chi connectivity index (χ2v) is 5.74. The summed E-state index contributed by atoms with van der Waals surface area (Å²) in [5.41, 5.74) is 0.669. The first kappa shape index (κ1) is 20.0. The lowest BCUT2D eigenvalue weighted by Crippen LogP contribution is -1.99. The number of anilines is 2. The molecule has 0 atom stereocenters. The predicted molar refractivity (Wildman–Crippen MR) is 104 cm³/mol. The van der Waals surface area contributed by atoms with Gasteiger partial charge in [0.05, 0.1) is 24.9 Å². The Hall–Kier alpha value is -2.28. The minimum absolute atomic E-state index is 0.0227. The van der Waals surface area contributed by atoms with Crippen LogP contribution in [0, 0.1) is 0 Å². The van der Waals surface area contributed by atoms with Crippen LogP contribution in [0.4, 0.5) is 11.6 Å². The lowest BCUT2D eigenvalue weighted by Gasteiger charge is -2.06. The molecule has 0 radical (unpaired) electrons. The molecule has 1 N–H and O–H groups in total. The van der Waals surface area contributed by atoms with Gasteiger partial charge in [-0.05, 0) is 47.5 Å². The van der Waals surface area contributed by atoms with E-state index < -0.39 is 0 Å². The molecule has 0 amide bonds. The van der Waals surface area contributed by atoms with Crippen LogP contribution < -0.4 is 14.8 Å². The second kappa shape index (κ2) is 10.0. The molecule has 6 nitrogen and oxygen atoms in total. The van der Waals surface area contributed by atoms with E-state index in [0.717, 1.165) is 11.5 Å². The summed E-state index contributed by atoms with van der Waals surface area (Å²) >= 11 is 17.2. The molecule has 136 valence electrons. The minimum Gasteiger partial charge on any atom is -0.493 e. The molecule has 0 spiro atoms. The standard InChI is InChI=1S/C9H5Cl3N4.C8H10O2/c10-5-3-1-2-4-6(5)13-9-15-7(11)14-8(12)16-9;1-9-7-5-3-4-6-8(7)10-2/h1-4H,(H,13,14,15,16);3-6H,1-2H3. The van der Waals surface area contributed by atoms with Gasteiger partial charge in [-0.2, -0.15) is 15.0 Å². The maximum absolute atomic E-state index is 5.95. The van der Waals surface area contributed by atoms with Crippen LogP contribution in [-0.4, -0.2) is 29.2 Å². The maximum atomic E-state index is 5.95. The number of halogens is 3. The average molecular weight is 414 g/mol. The molecule has 0 aliphatic rings. The Morgan fingerprint density at radius 3 is 1.73 bits per heavy atom. The molecule has 1 heterocycles. The molecule has 2 aromatic carbocycles. The SMILES string of the molecule is COc1ccccc1OC.Clc1nc(Cl)nc(Nc2ccccc2Cl)n1. The Balaban J connectivity index is 0.000000209. The summed E-state index contributed by atoms with van der Waals surface area (Å²) in [5.74, 6) is 1.79. The van der Waals surface area contributed by atoms with E-state index in [2.05, 4.69) is 20.3 Å². The molecule has 3 rings (SSSR count). The molecule has 0 fully saturated rings. The zero-order chi connectivity index (χ0) is 18.9. The lowest BCUT2D eigenvalue weighted by atomic mass is 10.3. The summed E-state index contributed by atoms with van der Waals surface area (Å²) in [5, 5.41) is 3.49. The number of hydrogen-bond donors (Lipinski definition) is 1. The van der Waals surface area contributed by atoms with Crippen molar-refractivity contribution in [2.24, 2.45) is 0 Å². The highest BCUT2D eigenvalue weighted by molar-refractivity contribution is 6.33. The van der Waals surface area contributed by atoms with Crippen molar-refractivity contribution in [3.63, 3.8) is 0 Å². The van der Waals surface area contributed by atoms with E-state index in [1.807, 2.05) is 36.4 Å². The number of nitrogens with one attached hydrogen (secondary N) is 1. The second-order valence-electron chi connectivity index (χ2n) is 4.66. The fourth-order valence-corrected chi connectivity index (χ4v) is 2.40. The van der Waals surface area contributed by atoms with Gasteiger partial charge >= 0.3 is 0 Å². The topological polar surface area (TPSA) is 69.2 Å². The predicted octanol–water partition coefficient (Wildman–Crippen LogP) is 5.28. The monoisotopic (exact) mass is 412 g/mol. The van der Waals surface area contributed by atoms with E-state index in [-0.39, 0.29) is 16.5 Å². The van der Waals surface area contributed by atoms with Crippen LogP contribution in [0.2, 0.25) is 15.6 Å². The first-order valence-corrected chi connectivity index (χ1v) is 8.42. The van der Waals surface area contributed by atoms with Crippen LogP contribution in [0.1, 0.15) is 0 Å². The third-order valence-corrected chi connectivity index (χ3v) is 3.66. The van der Waals surface area contributed by atoms with Gasteiger partial charge in [-0.15, -0.1) is 0 Å². The highest BCUT2D eigenvalue weighted by Crippen LogP contribution is 2.25. The van der Waals surface area contributed by atoms with Crippen LogP contribution in [0.25, 0.3) is 0 Å². The van der Waals surface area contributed by atoms with Crippen molar-refractivity contribution in [3.05, 3.63) is 64.1 Å². The van der Waals surface area contributed by atoms with Gasteiger partial charge in [0.15, 0.2) is 11.5 Å². The number of nitrogens with zero attached hydrogens (tertiary/aromatic N) is 3. The number of aromatic nitrogens is 3. The number of hydrogen-bond acceptors (Lipinski definition) is 6. The fourth-order valence-electron chi connectivity index (χ4n) is 1.85. The number of ether oxygens (including phenoxy) is 2. The summed E-state index contributed by atoms with van der Waals surface area (Å²) in [6, 6.07) is 14.7. The van der Waals surface area contributed by atoms with Crippen LogP contribution in [0.3, 0.4) is 0 Å². The summed E-state index contributed by atoms with van der Waals surface area (Å²) in [6.45, 7) is 0. The molecule has 0 saturated carbocycles. The van der Waals surface area contributed by atoms with Crippen molar-refractivity contribution in [1.82, 2.24) is 15.0 Å². The molecular formula is C17H15Cl3N4O2. The Labute approximate surface area is 166 Å². The zero-order valence-corrected chi connectivity index (χ0v) is 16.2. The van der Waals surface area contributed by atoms with Crippen molar-refractivity contribution >= 4 is 46.4 Å². The van der Waals surface area contributed by atoms with E-state index in [0.29, 0.717) is 10.7 Å². The summed E-state index contributed by atoms with van der Waals surface area (Å²) in [7, 11) is 3.25. The first-order valence-electron chi connectivity index (χ1n) is 7.29. The highest BCUT2D eigenvalue weighted by Gasteiger charge is 2.05. The number of rotatable bonds is 4. The van der Waals surface area contributed by atoms with Gasteiger partial charge < -0.3 is 14.8 Å². The molecule has 1 aromatic heterocycles. The molecule has 9 heteroatoms. The summed E-state index contributed by atoms with van der Waals surface area (Å²) < 4.78 is 10.0. The van der Waals surface area contributed by atoms with Crippen molar-refractivity contribution in [2.75, 3.05) is 19.5 Å². The average Bonchev–Trinajstić information content (AvgIpc) is 2.63. The molecule has 3 aromatic rings. The van der Waals surface area contributed by atoms with E-state index in [1.54, 1.807) is 26.4 Å². The molecule has 0 aliphatic carbocycles. The van der Waals surface area contributed by atoms with Crippen LogP contribution >= 0.6 is 34.8 Å². The van der Waals surface area contributed by atoms with Crippen LogP contribution in [0.15, 0.2) is 48.5 Å². The normalized spacial score (nSPS) is 9.73. The minimum atomic E-state index is 0.0227. The zero-order valence-electron chi connectivity index (χ0n) is 13.9.